The average Bonchev–Trinajstić information content (AvgIpc) is 2.59. The zero-order valence-electron chi connectivity index (χ0n) is 15.4. The van der Waals surface area contributed by atoms with Crippen LogP contribution in [0.4, 0.5) is 24.5 Å². The number of allylic oxidation sites excluding steroid dienone is 1. The topological polar surface area (TPSA) is 89.9 Å². The fourth-order valence-corrected chi connectivity index (χ4v) is 2.39. The summed E-state index contributed by atoms with van der Waals surface area (Å²) in [5, 5.41) is 19.5. The largest absolute Gasteiger partial charge is 0.513 e. The molecule has 6 nitrogen and oxygen atoms in total. The van der Waals surface area contributed by atoms with Crippen LogP contribution in [0.3, 0.4) is 0 Å². The number of alkyl halides is 2. The standard InChI is InChI=1S/C16H17F3N2O3.C3H6O/c17-10-2-1-7-21(9-10)11-3-4-13(12(8-11)16(23)24)20-15(22)6-5-14(18)19;1-3(2)4/h2-4,8,14H,1,5-7,9H2,(H,20,22)(H,23,24);4H,1H2,2H3. The Morgan fingerprint density at radius 1 is 1.32 bits per heavy atom. The first-order valence-corrected chi connectivity index (χ1v) is 8.49. The maximum atomic E-state index is 13.4. The van der Waals surface area contributed by atoms with E-state index in [0.29, 0.717) is 18.7 Å². The van der Waals surface area contributed by atoms with Gasteiger partial charge in [-0.3, -0.25) is 4.79 Å². The number of rotatable bonds is 6. The molecule has 3 N–H and O–H groups in total. The van der Waals surface area contributed by atoms with Gasteiger partial charge in [0.05, 0.1) is 23.6 Å². The molecule has 0 atom stereocenters. The summed E-state index contributed by atoms with van der Waals surface area (Å²) < 4.78 is 37.6. The third-order valence-corrected chi connectivity index (χ3v) is 3.57. The molecule has 0 radical (unpaired) electrons. The van der Waals surface area contributed by atoms with E-state index in [1.54, 1.807) is 11.0 Å². The lowest BCUT2D eigenvalue weighted by Gasteiger charge is -2.27. The van der Waals surface area contributed by atoms with Crippen molar-refractivity contribution in [3.05, 3.63) is 48.0 Å². The number of carbonyl (C=O) groups excluding carboxylic acids is 1. The van der Waals surface area contributed by atoms with E-state index in [1.165, 1.54) is 25.1 Å². The van der Waals surface area contributed by atoms with E-state index in [-0.39, 0.29) is 29.4 Å². The SMILES string of the molecule is C=C(C)O.O=C(CCC(F)F)Nc1ccc(N2CCC=C(F)C2)cc1C(=O)O. The van der Waals surface area contributed by atoms with Crippen LogP contribution in [0.15, 0.2) is 42.4 Å². The molecule has 154 valence electrons. The van der Waals surface area contributed by atoms with Gasteiger partial charge in [0.25, 0.3) is 0 Å². The van der Waals surface area contributed by atoms with Crippen LogP contribution in [0, 0.1) is 0 Å². The van der Waals surface area contributed by atoms with E-state index < -0.39 is 31.1 Å². The van der Waals surface area contributed by atoms with Crippen LogP contribution in [-0.2, 0) is 4.79 Å². The summed E-state index contributed by atoms with van der Waals surface area (Å²) in [5.74, 6) is -2.07. The predicted octanol–water partition coefficient (Wildman–Crippen LogP) is 4.51. The van der Waals surface area contributed by atoms with Gasteiger partial charge in [0.1, 0.15) is 5.83 Å². The molecule has 0 aromatic heterocycles. The average molecular weight is 400 g/mol. The van der Waals surface area contributed by atoms with Crippen molar-refractivity contribution < 1.29 is 33.0 Å². The van der Waals surface area contributed by atoms with Crippen molar-refractivity contribution in [1.29, 1.82) is 0 Å². The monoisotopic (exact) mass is 400 g/mol. The Kier molecular flexibility index (Phi) is 9.07. The summed E-state index contributed by atoms with van der Waals surface area (Å²) in [7, 11) is 0. The van der Waals surface area contributed by atoms with E-state index in [0.717, 1.165) is 0 Å². The molecular weight excluding hydrogens is 377 g/mol. The number of aliphatic hydroxyl groups is 1. The number of carbonyl (C=O) groups is 2. The molecular formula is C19H23F3N2O4. The number of carboxylic acids is 1. The molecule has 28 heavy (non-hydrogen) atoms. The van der Waals surface area contributed by atoms with Gasteiger partial charge in [-0.1, -0.05) is 6.58 Å². The van der Waals surface area contributed by atoms with Gasteiger partial charge < -0.3 is 20.4 Å². The summed E-state index contributed by atoms with van der Waals surface area (Å²) in [6.07, 6.45) is -1.60. The molecule has 1 heterocycles. The Balaban J connectivity index is 0.000000892. The second kappa shape index (κ2) is 11.0. The number of amides is 1. The summed E-state index contributed by atoms with van der Waals surface area (Å²) in [6, 6.07) is 4.28. The van der Waals surface area contributed by atoms with Crippen molar-refractivity contribution in [3.63, 3.8) is 0 Å². The van der Waals surface area contributed by atoms with E-state index in [9.17, 15) is 27.9 Å². The normalized spacial score (nSPS) is 13.3. The lowest BCUT2D eigenvalue weighted by atomic mass is 10.1. The van der Waals surface area contributed by atoms with Crippen LogP contribution in [0.5, 0.6) is 0 Å². The molecule has 0 aliphatic carbocycles. The molecule has 0 unspecified atom stereocenters. The molecule has 0 spiro atoms. The highest BCUT2D eigenvalue weighted by Crippen LogP contribution is 2.26. The predicted molar refractivity (Wildman–Crippen MR) is 101 cm³/mol. The van der Waals surface area contributed by atoms with Crippen molar-refractivity contribution in [3.8, 4) is 0 Å². The second-order valence-corrected chi connectivity index (χ2v) is 6.11. The van der Waals surface area contributed by atoms with Crippen LogP contribution in [-0.4, -0.2) is 41.6 Å². The van der Waals surface area contributed by atoms with E-state index >= 15 is 0 Å². The highest BCUT2D eigenvalue weighted by Gasteiger charge is 2.18. The van der Waals surface area contributed by atoms with Gasteiger partial charge in [-0.05, 0) is 37.6 Å². The molecule has 1 aliphatic heterocycles. The van der Waals surface area contributed by atoms with Gasteiger partial charge in [-0.25, -0.2) is 18.0 Å². The maximum absolute atomic E-state index is 13.4. The lowest BCUT2D eigenvalue weighted by molar-refractivity contribution is -0.116. The van der Waals surface area contributed by atoms with Gasteiger partial charge in [-0.15, -0.1) is 0 Å². The fourth-order valence-electron chi connectivity index (χ4n) is 2.39. The number of aromatic carboxylic acids is 1. The molecule has 0 saturated heterocycles. The molecule has 1 aromatic rings. The first-order valence-electron chi connectivity index (χ1n) is 8.49. The van der Waals surface area contributed by atoms with Crippen LogP contribution in [0.2, 0.25) is 0 Å². The Morgan fingerprint density at radius 3 is 2.50 bits per heavy atom. The molecule has 9 heteroatoms. The van der Waals surface area contributed by atoms with E-state index in [1.807, 2.05) is 0 Å². The minimum absolute atomic E-state index is 0.0264. The van der Waals surface area contributed by atoms with Gasteiger partial charge in [0.15, 0.2) is 0 Å². The molecule has 2 rings (SSSR count). The Hall–Kier alpha value is -2.97. The van der Waals surface area contributed by atoms with Gasteiger partial charge in [-0.2, -0.15) is 0 Å². The number of nitrogens with zero attached hydrogens (tertiary/aromatic N) is 1. The maximum Gasteiger partial charge on any atom is 0.337 e. The molecule has 0 saturated carbocycles. The van der Waals surface area contributed by atoms with Crippen LogP contribution in [0.25, 0.3) is 0 Å². The third-order valence-electron chi connectivity index (χ3n) is 3.57. The van der Waals surface area contributed by atoms with Gasteiger partial charge >= 0.3 is 5.97 Å². The van der Waals surface area contributed by atoms with Crippen LogP contribution < -0.4 is 10.2 Å². The highest BCUT2D eigenvalue weighted by molar-refractivity contribution is 6.01. The zero-order valence-corrected chi connectivity index (χ0v) is 15.4. The first-order chi connectivity index (χ1) is 13.1. The molecule has 1 aromatic carbocycles. The van der Waals surface area contributed by atoms with Crippen molar-refractivity contribution in [2.24, 2.45) is 0 Å². The van der Waals surface area contributed by atoms with Crippen molar-refractivity contribution in [1.82, 2.24) is 0 Å². The van der Waals surface area contributed by atoms with E-state index in [4.69, 9.17) is 5.11 Å². The number of anilines is 2. The Labute approximate surface area is 161 Å². The number of aliphatic hydroxyl groups excluding tert-OH is 1. The molecule has 0 bridgehead atoms. The number of carboxylic acid groups (broad SMARTS) is 1. The summed E-state index contributed by atoms with van der Waals surface area (Å²) in [5.41, 5.74) is 0.368. The number of hydrogen-bond acceptors (Lipinski definition) is 4. The minimum Gasteiger partial charge on any atom is -0.513 e. The first kappa shape index (κ1) is 23.1. The van der Waals surface area contributed by atoms with Gasteiger partial charge in [0.2, 0.25) is 12.3 Å². The quantitative estimate of drug-likeness (QED) is 0.612. The number of hydrogen-bond donors (Lipinski definition) is 3. The number of benzene rings is 1. The van der Waals surface area contributed by atoms with Crippen molar-refractivity contribution in [2.75, 3.05) is 23.3 Å². The van der Waals surface area contributed by atoms with Gasteiger partial charge in [0, 0.05) is 25.1 Å². The highest BCUT2D eigenvalue weighted by atomic mass is 19.3. The van der Waals surface area contributed by atoms with Crippen molar-refractivity contribution in [2.45, 2.75) is 32.6 Å². The van der Waals surface area contributed by atoms with E-state index in [2.05, 4.69) is 11.9 Å². The Morgan fingerprint density at radius 2 is 1.96 bits per heavy atom. The zero-order chi connectivity index (χ0) is 21.3. The van der Waals surface area contributed by atoms with Crippen molar-refractivity contribution >= 4 is 23.3 Å². The van der Waals surface area contributed by atoms with Crippen LogP contribution >= 0.6 is 0 Å². The second-order valence-electron chi connectivity index (χ2n) is 6.11. The molecule has 0 fully saturated rings. The Bertz CT molecular complexity index is 747. The third kappa shape index (κ3) is 8.15. The smallest absolute Gasteiger partial charge is 0.337 e. The number of halogens is 3. The lowest BCUT2D eigenvalue weighted by Crippen LogP contribution is -2.29. The molecule has 1 aliphatic rings. The summed E-state index contributed by atoms with van der Waals surface area (Å²) >= 11 is 0. The minimum atomic E-state index is -2.60. The summed E-state index contributed by atoms with van der Waals surface area (Å²) in [4.78, 5) is 24.7. The van der Waals surface area contributed by atoms with Crippen LogP contribution in [0.1, 0.15) is 36.5 Å². The fraction of sp³-hybridized carbons (Fsp3) is 0.368. The number of nitrogens with one attached hydrogen (secondary N) is 1. The molecule has 1 amide bonds. The summed E-state index contributed by atoms with van der Waals surface area (Å²) in [6.45, 7) is 5.24.